The van der Waals surface area contributed by atoms with E-state index in [1.807, 2.05) is 27.7 Å². The molecule has 1 N–H and O–H groups in total. The van der Waals surface area contributed by atoms with Gasteiger partial charge in [0.25, 0.3) is 0 Å². The summed E-state index contributed by atoms with van der Waals surface area (Å²) in [6.45, 7) is 9.81. The second-order valence-corrected chi connectivity index (χ2v) is 4.37. The highest BCUT2D eigenvalue weighted by atomic mass is 16.6. The van der Waals surface area contributed by atoms with Crippen molar-refractivity contribution in [2.75, 3.05) is 13.1 Å². The van der Waals surface area contributed by atoms with E-state index in [1.165, 1.54) is 4.90 Å². The summed E-state index contributed by atoms with van der Waals surface area (Å²) >= 11 is 0. The molecule has 4 nitrogen and oxygen atoms in total. The van der Waals surface area contributed by atoms with Gasteiger partial charge in [-0.1, -0.05) is 0 Å². The van der Waals surface area contributed by atoms with Gasteiger partial charge in [0.2, 0.25) is 0 Å². The minimum absolute atomic E-state index is 0.311. The molecular formula is C10H21NO3. The molecule has 14 heavy (non-hydrogen) atoms. The molecule has 0 saturated carbocycles. The van der Waals surface area contributed by atoms with Crippen LogP contribution in [-0.2, 0) is 4.74 Å². The first-order valence-corrected chi connectivity index (χ1v) is 4.92. The lowest BCUT2D eigenvalue weighted by Crippen LogP contribution is -2.40. The molecule has 1 unspecified atom stereocenters. The smallest absolute Gasteiger partial charge is 0.410 e. The molecule has 0 heterocycles. The van der Waals surface area contributed by atoms with Crippen molar-refractivity contribution in [3.63, 3.8) is 0 Å². The number of hydrogen-bond donors (Lipinski definition) is 1. The molecule has 84 valence electrons. The van der Waals surface area contributed by atoms with Crippen molar-refractivity contribution in [3.8, 4) is 0 Å². The number of carbonyl (C=O) groups is 1. The minimum atomic E-state index is -0.525. The monoisotopic (exact) mass is 203 g/mol. The van der Waals surface area contributed by atoms with Gasteiger partial charge in [0.1, 0.15) is 5.60 Å². The van der Waals surface area contributed by atoms with Crippen LogP contribution in [0.4, 0.5) is 4.79 Å². The van der Waals surface area contributed by atoms with Crippen LogP contribution >= 0.6 is 0 Å². The quantitative estimate of drug-likeness (QED) is 0.758. The Balaban J connectivity index is 4.18. The standard InChI is InChI=1S/C10H21NO3/c1-6-11(7-8(2)12)9(13)14-10(3,4)5/h8,12H,6-7H2,1-5H3. The number of nitrogens with zero attached hydrogens (tertiary/aromatic N) is 1. The Bertz CT molecular complexity index is 184. The molecule has 0 radical (unpaired) electrons. The third kappa shape index (κ3) is 5.80. The summed E-state index contributed by atoms with van der Waals surface area (Å²) in [5.41, 5.74) is -0.483. The number of aliphatic hydroxyl groups excluding tert-OH is 1. The van der Waals surface area contributed by atoms with Crippen LogP contribution in [0.2, 0.25) is 0 Å². The Morgan fingerprint density at radius 2 is 2.00 bits per heavy atom. The van der Waals surface area contributed by atoms with Gasteiger partial charge >= 0.3 is 6.09 Å². The maximum Gasteiger partial charge on any atom is 0.410 e. The maximum absolute atomic E-state index is 11.5. The summed E-state index contributed by atoms with van der Waals surface area (Å²) in [7, 11) is 0. The van der Waals surface area contributed by atoms with E-state index < -0.39 is 11.7 Å². The Hall–Kier alpha value is -0.770. The molecule has 0 aromatic rings. The normalized spacial score (nSPS) is 13.6. The third-order valence-corrected chi connectivity index (χ3v) is 1.52. The molecule has 1 amide bonds. The fraction of sp³-hybridized carbons (Fsp3) is 0.900. The van der Waals surface area contributed by atoms with E-state index >= 15 is 0 Å². The van der Waals surface area contributed by atoms with E-state index in [9.17, 15) is 4.79 Å². The summed E-state index contributed by atoms with van der Waals surface area (Å²) < 4.78 is 5.17. The first kappa shape index (κ1) is 13.2. The lowest BCUT2D eigenvalue weighted by Gasteiger charge is -2.27. The number of ether oxygens (including phenoxy) is 1. The highest BCUT2D eigenvalue weighted by Gasteiger charge is 2.21. The van der Waals surface area contributed by atoms with Gasteiger partial charge in [-0.3, -0.25) is 0 Å². The van der Waals surface area contributed by atoms with E-state index in [-0.39, 0.29) is 6.09 Å². The second kappa shape index (κ2) is 5.20. The van der Waals surface area contributed by atoms with Crippen molar-refractivity contribution >= 4 is 6.09 Å². The average molecular weight is 203 g/mol. The number of amides is 1. The van der Waals surface area contributed by atoms with E-state index in [0.29, 0.717) is 13.1 Å². The van der Waals surface area contributed by atoms with Gasteiger partial charge in [-0.25, -0.2) is 4.79 Å². The van der Waals surface area contributed by atoms with Gasteiger partial charge in [0.05, 0.1) is 6.10 Å². The molecule has 0 rings (SSSR count). The van der Waals surface area contributed by atoms with Crippen molar-refractivity contribution in [3.05, 3.63) is 0 Å². The largest absolute Gasteiger partial charge is 0.444 e. The zero-order valence-electron chi connectivity index (χ0n) is 9.70. The molecule has 0 fully saturated rings. The van der Waals surface area contributed by atoms with E-state index in [1.54, 1.807) is 6.92 Å². The predicted molar refractivity (Wildman–Crippen MR) is 55.2 cm³/mol. The third-order valence-electron chi connectivity index (χ3n) is 1.52. The van der Waals surface area contributed by atoms with Crippen LogP contribution in [0.3, 0.4) is 0 Å². The minimum Gasteiger partial charge on any atom is -0.444 e. The zero-order chi connectivity index (χ0) is 11.4. The van der Waals surface area contributed by atoms with Crippen LogP contribution in [0.5, 0.6) is 0 Å². The van der Waals surface area contributed by atoms with Gasteiger partial charge in [0, 0.05) is 13.1 Å². The molecule has 0 aromatic heterocycles. The van der Waals surface area contributed by atoms with Crippen molar-refractivity contribution < 1.29 is 14.6 Å². The highest BCUT2D eigenvalue weighted by Crippen LogP contribution is 2.09. The first-order chi connectivity index (χ1) is 6.26. The van der Waals surface area contributed by atoms with Crippen molar-refractivity contribution in [1.82, 2.24) is 4.90 Å². The molecular weight excluding hydrogens is 182 g/mol. The number of likely N-dealkylation sites (N-methyl/N-ethyl adjacent to an activating group) is 1. The van der Waals surface area contributed by atoms with Gasteiger partial charge in [0.15, 0.2) is 0 Å². The molecule has 0 aliphatic heterocycles. The average Bonchev–Trinajstić information content (AvgIpc) is 1.96. The Morgan fingerprint density at radius 1 is 1.50 bits per heavy atom. The van der Waals surface area contributed by atoms with Crippen LogP contribution in [0.15, 0.2) is 0 Å². The molecule has 0 aromatic carbocycles. The predicted octanol–water partition coefficient (Wildman–Crippen LogP) is 1.62. The topological polar surface area (TPSA) is 49.8 Å². The summed E-state index contributed by atoms with van der Waals surface area (Å²) in [5, 5.41) is 9.15. The fourth-order valence-electron chi connectivity index (χ4n) is 0.978. The lowest BCUT2D eigenvalue weighted by atomic mass is 10.2. The van der Waals surface area contributed by atoms with Gasteiger partial charge in [-0.15, -0.1) is 0 Å². The Labute approximate surface area is 85.9 Å². The molecule has 0 spiro atoms. The fourth-order valence-corrected chi connectivity index (χ4v) is 0.978. The summed E-state index contributed by atoms with van der Waals surface area (Å²) in [6, 6.07) is 0. The summed E-state index contributed by atoms with van der Waals surface area (Å²) in [4.78, 5) is 13.0. The van der Waals surface area contributed by atoms with Gasteiger partial charge in [-0.05, 0) is 34.6 Å². The Kier molecular flexibility index (Phi) is 4.91. The van der Waals surface area contributed by atoms with Crippen LogP contribution in [0, 0.1) is 0 Å². The highest BCUT2D eigenvalue weighted by molar-refractivity contribution is 5.68. The number of hydrogen-bond acceptors (Lipinski definition) is 3. The van der Waals surface area contributed by atoms with Gasteiger partial charge in [-0.2, -0.15) is 0 Å². The maximum atomic E-state index is 11.5. The van der Waals surface area contributed by atoms with Crippen LogP contribution in [0.1, 0.15) is 34.6 Å². The number of aliphatic hydroxyl groups is 1. The second-order valence-electron chi connectivity index (χ2n) is 4.37. The molecule has 4 heteroatoms. The van der Waals surface area contributed by atoms with Crippen LogP contribution in [-0.4, -0.2) is 40.9 Å². The van der Waals surface area contributed by atoms with Crippen molar-refractivity contribution in [2.45, 2.75) is 46.3 Å². The van der Waals surface area contributed by atoms with Gasteiger partial charge < -0.3 is 14.7 Å². The van der Waals surface area contributed by atoms with E-state index in [2.05, 4.69) is 0 Å². The number of rotatable bonds is 3. The molecule has 0 aliphatic rings. The van der Waals surface area contributed by atoms with Crippen molar-refractivity contribution in [2.24, 2.45) is 0 Å². The molecule has 0 aliphatic carbocycles. The zero-order valence-corrected chi connectivity index (χ0v) is 9.70. The first-order valence-electron chi connectivity index (χ1n) is 4.92. The van der Waals surface area contributed by atoms with Crippen LogP contribution in [0.25, 0.3) is 0 Å². The summed E-state index contributed by atoms with van der Waals surface area (Å²) in [6.07, 6.45) is -0.900. The Morgan fingerprint density at radius 3 is 2.29 bits per heavy atom. The SMILES string of the molecule is CCN(CC(C)O)C(=O)OC(C)(C)C. The molecule has 0 bridgehead atoms. The number of carbonyl (C=O) groups excluding carboxylic acids is 1. The lowest BCUT2D eigenvalue weighted by molar-refractivity contribution is 0.0174. The molecule has 0 saturated heterocycles. The van der Waals surface area contributed by atoms with E-state index in [4.69, 9.17) is 9.84 Å². The molecule has 1 atom stereocenters. The van der Waals surface area contributed by atoms with E-state index in [0.717, 1.165) is 0 Å². The van der Waals surface area contributed by atoms with Crippen molar-refractivity contribution in [1.29, 1.82) is 0 Å². The summed E-state index contributed by atoms with van der Waals surface area (Å²) in [5.74, 6) is 0. The van der Waals surface area contributed by atoms with Crippen LogP contribution < -0.4 is 0 Å².